The third kappa shape index (κ3) is 6.34. The van der Waals surface area contributed by atoms with Gasteiger partial charge in [0.15, 0.2) is 5.96 Å². The smallest absolute Gasteiger partial charge is 0.194 e. The van der Waals surface area contributed by atoms with E-state index < -0.39 is 0 Å². The second-order valence-electron chi connectivity index (χ2n) is 7.93. The molecule has 1 aromatic carbocycles. The molecule has 2 fully saturated rings. The van der Waals surface area contributed by atoms with Crippen molar-refractivity contribution in [3.8, 4) is 5.75 Å². The quantitative estimate of drug-likeness (QED) is 0.524. The van der Waals surface area contributed by atoms with Crippen molar-refractivity contribution in [1.82, 2.24) is 15.2 Å². The van der Waals surface area contributed by atoms with Crippen LogP contribution in [-0.4, -0.2) is 81.6 Å². The van der Waals surface area contributed by atoms with Crippen molar-refractivity contribution in [3.05, 3.63) is 54.2 Å². The Morgan fingerprint density at radius 1 is 1.12 bits per heavy atom. The molecule has 0 spiro atoms. The Balaban J connectivity index is 1.36. The number of aliphatic imine (C=N–C) groups is 1. The van der Waals surface area contributed by atoms with E-state index in [0.29, 0.717) is 26.4 Å². The third-order valence-corrected chi connectivity index (χ3v) is 5.76. The lowest BCUT2D eigenvalue weighted by atomic mass is 10.2. The molecule has 2 aromatic rings. The first kappa shape index (κ1) is 22.4. The number of anilines is 1. The normalized spacial score (nSPS) is 19.7. The summed E-state index contributed by atoms with van der Waals surface area (Å²) in [4.78, 5) is 14.1. The molecule has 0 aliphatic carbocycles. The van der Waals surface area contributed by atoms with Crippen LogP contribution in [0.2, 0.25) is 0 Å². The molecule has 172 valence electrons. The summed E-state index contributed by atoms with van der Waals surface area (Å²) in [6.45, 7) is 7.09. The molecule has 4 rings (SSSR count). The van der Waals surface area contributed by atoms with Gasteiger partial charge in [-0.25, -0.2) is 9.98 Å². The van der Waals surface area contributed by atoms with Gasteiger partial charge >= 0.3 is 0 Å². The topological polar surface area (TPSA) is 71.5 Å². The highest BCUT2D eigenvalue weighted by molar-refractivity contribution is 5.80. The first-order valence-corrected chi connectivity index (χ1v) is 11.3. The van der Waals surface area contributed by atoms with Gasteiger partial charge in [-0.15, -0.1) is 0 Å². The summed E-state index contributed by atoms with van der Waals surface area (Å²) < 4.78 is 16.6. The molecule has 2 aliphatic rings. The van der Waals surface area contributed by atoms with Gasteiger partial charge in [0, 0.05) is 38.9 Å². The highest BCUT2D eigenvalue weighted by Gasteiger charge is 2.21. The Morgan fingerprint density at radius 2 is 1.97 bits per heavy atom. The molecular formula is C24H33N5O3. The number of hydrogen-bond acceptors (Lipinski definition) is 6. The number of hydrogen-bond donors (Lipinski definition) is 1. The maximum absolute atomic E-state index is 5.78. The minimum absolute atomic E-state index is 0.153. The van der Waals surface area contributed by atoms with Gasteiger partial charge in [-0.3, -0.25) is 0 Å². The second kappa shape index (κ2) is 11.7. The van der Waals surface area contributed by atoms with Gasteiger partial charge in [-0.05, 0) is 36.2 Å². The molecule has 0 amide bonds. The summed E-state index contributed by atoms with van der Waals surface area (Å²) in [5.41, 5.74) is 1.15. The monoisotopic (exact) mass is 439 g/mol. The minimum Gasteiger partial charge on any atom is -0.497 e. The number of benzene rings is 1. The molecule has 0 saturated carbocycles. The predicted octanol–water partition coefficient (Wildman–Crippen LogP) is 2.16. The molecule has 0 radical (unpaired) electrons. The Kier molecular flexibility index (Phi) is 8.17. The Hall–Kier alpha value is -2.84. The van der Waals surface area contributed by atoms with E-state index in [0.717, 1.165) is 62.2 Å². The SMILES string of the molecule is COc1ccc(CN=C(NCCC2COCCO2)N2CCN(c3ccccn3)CC2)cc1. The molecule has 1 atom stereocenters. The lowest BCUT2D eigenvalue weighted by molar-refractivity contribution is -0.0899. The fourth-order valence-electron chi connectivity index (χ4n) is 3.90. The molecule has 1 unspecified atom stereocenters. The highest BCUT2D eigenvalue weighted by Crippen LogP contribution is 2.14. The summed E-state index contributed by atoms with van der Waals surface area (Å²) in [6.07, 6.45) is 2.90. The number of nitrogens with one attached hydrogen (secondary N) is 1. The molecule has 3 heterocycles. The van der Waals surface area contributed by atoms with Crippen molar-refractivity contribution in [2.24, 2.45) is 4.99 Å². The van der Waals surface area contributed by atoms with Crippen LogP contribution >= 0.6 is 0 Å². The van der Waals surface area contributed by atoms with Crippen LogP contribution in [0.15, 0.2) is 53.7 Å². The Bertz CT molecular complexity index is 832. The molecule has 1 N–H and O–H groups in total. The van der Waals surface area contributed by atoms with Crippen LogP contribution in [0.4, 0.5) is 5.82 Å². The summed E-state index contributed by atoms with van der Waals surface area (Å²) in [7, 11) is 1.68. The number of pyridine rings is 1. The van der Waals surface area contributed by atoms with Crippen LogP contribution in [0.25, 0.3) is 0 Å². The van der Waals surface area contributed by atoms with Crippen LogP contribution in [0.3, 0.4) is 0 Å². The van der Waals surface area contributed by atoms with Crippen LogP contribution in [0.1, 0.15) is 12.0 Å². The van der Waals surface area contributed by atoms with Crippen molar-refractivity contribution >= 4 is 11.8 Å². The molecule has 1 aromatic heterocycles. The number of nitrogens with zero attached hydrogens (tertiary/aromatic N) is 4. The Labute approximate surface area is 190 Å². The summed E-state index contributed by atoms with van der Waals surface area (Å²) in [5, 5.41) is 3.57. The lowest BCUT2D eigenvalue weighted by Gasteiger charge is -2.37. The van der Waals surface area contributed by atoms with Crippen molar-refractivity contribution in [3.63, 3.8) is 0 Å². The van der Waals surface area contributed by atoms with Gasteiger partial charge in [-0.1, -0.05) is 18.2 Å². The maximum Gasteiger partial charge on any atom is 0.194 e. The summed E-state index contributed by atoms with van der Waals surface area (Å²) in [5.74, 6) is 2.83. The van der Waals surface area contributed by atoms with E-state index in [4.69, 9.17) is 19.2 Å². The predicted molar refractivity (Wildman–Crippen MR) is 125 cm³/mol. The minimum atomic E-state index is 0.153. The van der Waals surface area contributed by atoms with E-state index in [1.807, 2.05) is 30.5 Å². The van der Waals surface area contributed by atoms with E-state index in [9.17, 15) is 0 Å². The first-order chi connectivity index (χ1) is 15.8. The van der Waals surface area contributed by atoms with E-state index in [-0.39, 0.29) is 6.10 Å². The molecular weight excluding hydrogens is 406 g/mol. The van der Waals surface area contributed by atoms with E-state index >= 15 is 0 Å². The third-order valence-electron chi connectivity index (χ3n) is 5.76. The summed E-state index contributed by atoms with van der Waals surface area (Å²) in [6, 6.07) is 14.1. The standard InChI is InChI=1S/C24H33N5O3/c1-30-21-7-5-20(6-8-21)18-27-24(26-11-9-22-19-31-16-17-32-22)29-14-12-28(13-15-29)23-4-2-3-10-25-23/h2-8,10,22H,9,11-19H2,1H3,(H,26,27). The van der Waals surface area contributed by atoms with Gasteiger partial charge in [0.05, 0.1) is 39.6 Å². The number of piperazine rings is 1. The van der Waals surface area contributed by atoms with Crippen molar-refractivity contribution < 1.29 is 14.2 Å². The Morgan fingerprint density at radius 3 is 2.66 bits per heavy atom. The molecule has 32 heavy (non-hydrogen) atoms. The van der Waals surface area contributed by atoms with Crippen molar-refractivity contribution in [2.45, 2.75) is 19.1 Å². The maximum atomic E-state index is 5.78. The van der Waals surface area contributed by atoms with Crippen molar-refractivity contribution in [2.75, 3.05) is 64.6 Å². The number of aromatic nitrogens is 1. The highest BCUT2D eigenvalue weighted by atomic mass is 16.6. The molecule has 8 heteroatoms. The fraction of sp³-hybridized carbons (Fsp3) is 0.500. The zero-order chi connectivity index (χ0) is 22.0. The number of methoxy groups -OCH3 is 1. The number of ether oxygens (including phenoxy) is 3. The van der Waals surface area contributed by atoms with E-state index in [2.05, 4.69) is 38.3 Å². The molecule has 0 bridgehead atoms. The van der Waals surface area contributed by atoms with Gasteiger partial charge in [0.25, 0.3) is 0 Å². The van der Waals surface area contributed by atoms with Crippen LogP contribution in [-0.2, 0) is 16.0 Å². The van der Waals surface area contributed by atoms with E-state index in [1.54, 1.807) is 7.11 Å². The second-order valence-corrected chi connectivity index (χ2v) is 7.93. The van der Waals surface area contributed by atoms with Crippen LogP contribution < -0.4 is 15.0 Å². The average Bonchev–Trinajstić information content (AvgIpc) is 2.88. The van der Waals surface area contributed by atoms with Gasteiger partial charge in [-0.2, -0.15) is 0 Å². The molecule has 2 saturated heterocycles. The van der Waals surface area contributed by atoms with Gasteiger partial charge in [0.2, 0.25) is 0 Å². The fourth-order valence-corrected chi connectivity index (χ4v) is 3.90. The summed E-state index contributed by atoms with van der Waals surface area (Å²) >= 11 is 0. The van der Waals surface area contributed by atoms with Crippen LogP contribution in [0, 0.1) is 0 Å². The van der Waals surface area contributed by atoms with Gasteiger partial charge < -0.3 is 29.3 Å². The van der Waals surface area contributed by atoms with E-state index in [1.165, 1.54) is 0 Å². The van der Waals surface area contributed by atoms with Gasteiger partial charge in [0.1, 0.15) is 11.6 Å². The largest absolute Gasteiger partial charge is 0.497 e. The zero-order valence-electron chi connectivity index (χ0n) is 18.8. The number of rotatable bonds is 7. The first-order valence-electron chi connectivity index (χ1n) is 11.3. The zero-order valence-corrected chi connectivity index (χ0v) is 18.8. The molecule has 2 aliphatic heterocycles. The lowest BCUT2D eigenvalue weighted by Crippen LogP contribution is -2.53. The number of guanidine groups is 1. The van der Waals surface area contributed by atoms with Crippen molar-refractivity contribution in [1.29, 1.82) is 0 Å². The van der Waals surface area contributed by atoms with Crippen LogP contribution in [0.5, 0.6) is 5.75 Å². The molecule has 8 nitrogen and oxygen atoms in total. The average molecular weight is 440 g/mol.